The first-order valence-corrected chi connectivity index (χ1v) is 5.37. The Morgan fingerprint density at radius 1 is 1.44 bits per heavy atom. The lowest BCUT2D eigenvalue weighted by Crippen LogP contribution is -2.11. The van der Waals surface area contributed by atoms with Crippen molar-refractivity contribution >= 4 is 0 Å². The van der Waals surface area contributed by atoms with Crippen LogP contribution in [0.4, 0.5) is 0 Å². The fourth-order valence-electron chi connectivity index (χ4n) is 1.61. The minimum atomic E-state index is -0.120. The van der Waals surface area contributed by atoms with Gasteiger partial charge in [0.05, 0.1) is 11.4 Å². The van der Waals surface area contributed by atoms with E-state index in [2.05, 4.69) is 15.1 Å². The van der Waals surface area contributed by atoms with Gasteiger partial charge in [0, 0.05) is 25.2 Å². The summed E-state index contributed by atoms with van der Waals surface area (Å²) in [5.41, 5.74) is 1.44. The van der Waals surface area contributed by atoms with Crippen LogP contribution in [0.15, 0.2) is 23.1 Å². The highest BCUT2D eigenvalue weighted by molar-refractivity contribution is 5.53. The van der Waals surface area contributed by atoms with E-state index in [1.165, 1.54) is 6.07 Å². The zero-order valence-corrected chi connectivity index (χ0v) is 9.40. The number of rotatable bonds is 3. The number of aromatic nitrogens is 4. The van der Waals surface area contributed by atoms with E-state index in [-0.39, 0.29) is 5.56 Å². The predicted molar refractivity (Wildman–Crippen MR) is 61.1 cm³/mol. The molecule has 0 aliphatic heterocycles. The molecule has 0 aromatic carbocycles. The smallest absolute Gasteiger partial charge is 0.251 e. The van der Waals surface area contributed by atoms with Crippen LogP contribution in [0.5, 0.6) is 0 Å². The van der Waals surface area contributed by atoms with Gasteiger partial charge in [0.15, 0.2) is 0 Å². The Hall–Kier alpha value is -1.91. The largest absolute Gasteiger partial charge is 0.311 e. The number of aryl methyl sites for hydroxylation is 2. The standard InChI is InChI=1S/C11H14N4O/c1-3-10-13-8(7-11(16)14-10)9-5-6-12-15(9)4-2/h5-7H,3-4H2,1-2H3,(H,13,14,16). The van der Waals surface area contributed by atoms with Crippen molar-refractivity contribution in [2.24, 2.45) is 0 Å². The molecule has 0 aliphatic carbocycles. The molecule has 0 spiro atoms. The molecule has 0 atom stereocenters. The van der Waals surface area contributed by atoms with Gasteiger partial charge in [-0.15, -0.1) is 0 Å². The summed E-state index contributed by atoms with van der Waals surface area (Å²) in [4.78, 5) is 18.5. The summed E-state index contributed by atoms with van der Waals surface area (Å²) >= 11 is 0. The molecule has 5 nitrogen and oxygen atoms in total. The molecule has 0 aliphatic rings. The third kappa shape index (κ3) is 1.88. The van der Waals surface area contributed by atoms with Crippen molar-refractivity contribution in [1.82, 2.24) is 19.7 Å². The molecule has 1 N–H and O–H groups in total. The van der Waals surface area contributed by atoms with E-state index in [4.69, 9.17) is 0 Å². The fraction of sp³-hybridized carbons (Fsp3) is 0.364. The molecule has 84 valence electrons. The lowest BCUT2D eigenvalue weighted by Gasteiger charge is -2.04. The lowest BCUT2D eigenvalue weighted by molar-refractivity contribution is 0.665. The Labute approximate surface area is 93.2 Å². The van der Waals surface area contributed by atoms with E-state index in [1.807, 2.05) is 24.6 Å². The fourth-order valence-corrected chi connectivity index (χ4v) is 1.61. The monoisotopic (exact) mass is 218 g/mol. The molecule has 0 saturated heterocycles. The Kier molecular flexibility index (Phi) is 2.85. The van der Waals surface area contributed by atoms with Crippen LogP contribution in [-0.2, 0) is 13.0 Å². The van der Waals surface area contributed by atoms with Crippen molar-refractivity contribution in [2.75, 3.05) is 0 Å². The first-order chi connectivity index (χ1) is 7.74. The number of nitrogens with one attached hydrogen (secondary N) is 1. The molecular weight excluding hydrogens is 204 g/mol. The van der Waals surface area contributed by atoms with E-state index in [0.717, 1.165) is 12.2 Å². The number of hydrogen-bond donors (Lipinski definition) is 1. The molecule has 2 aromatic rings. The number of hydrogen-bond acceptors (Lipinski definition) is 3. The van der Waals surface area contributed by atoms with Gasteiger partial charge in [-0.1, -0.05) is 6.92 Å². The molecule has 0 fully saturated rings. The second kappa shape index (κ2) is 4.30. The zero-order valence-electron chi connectivity index (χ0n) is 9.40. The molecular formula is C11H14N4O. The van der Waals surface area contributed by atoms with Crippen molar-refractivity contribution in [1.29, 1.82) is 0 Å². The Balaban J connectivity index is 2.55. The highest BCUT2D eigenvalue weighted by atomic mass is 16.1. The topological polar surface area (TPSA) is 63.6 Å². The van der Waals surface area contributed by atoms with Gasteiger partial charge in [0.2, 0.25) is 0 Å². The van der Waals surface area contributed by atoms with Crippen molar-refractivity contribution in [2.45, 2.75) is 26.8 Å². The van der Waals surface area contributed by atoms with Crippen LogP contribution >= 0.6 is 0 Å². The normalized spacial score (nSPS) is 10.6. The number of nitrogens with zero attached hydrogens (tertiary/aromatic N) is 3. The third-order valence-electron chi connectivity index (χ3n) is 2.40. The second-order valence-electron chi connectivity index (χ2n) is 3.46. The van der Waals surface area contributed by atoms with Gasteiger partial charge in [0.1, 0.15) is 5.82 Å². The van der Waals surface area contributed by atoms with Gasteiger partial charge in [0.25, 0.3) is 5.56 Å². The zero-order chi connectivity index (χ0) is 11.5. The van der Waals surface area contributed by atoms with Crippen LogP contribution in [0.25, 0.3) is 11.4 Å². The minimum absolute atomic E-state index is 0.120. The first kappa shape index (κ1) is 10.6. The molecule has 2 rings (SSSR count). The van der Waals surface area contributed by atoms with Crippen LogP contribution in [0.1, 0.15) is 19.7 Å². The second-order valence-corrected chi connectivity index (χ2v) is 3.46. The number of aromatic amines is 1. The summed E-state index contributed by atoms with van der Waals surface area (Å²) in [7, 11) is 0. The van der Waals surface area contributed by atoms with Crippen LogP contribution in [0.2, 0.25) is 0 Å². The first-order valence-electron chi connectivity index (χ1n) is 5.37. The highest BCUT2D eigenvalue weighted by Gasteiger charge is 2.07. The summed E-state index contributed by atoms with van der Waals surface area (Å²) < 4.78 is 1.82. The number of H-pyrrole nitrogens is 1. The Bertz CT molecular complexity index is 541. The maximum Gasteiger partial charge on any atom is 0.251 e. The van der Waals surface area contributed by atoms with Crippen molar-refractivity contribution in [3.63, 3.8) is 0 Å². The van der Waals surface area contributed by atoms with E-state index in [0.29, 0.717) is 17.9 Å². The SMILES string of the molecule is CCc1nc(-c2ccnn2CC)cc(=O)[nH]1. The molecule has 0 bridgehead atoms. The molecule has 0 radical (unpaired) electrons. The average molecular weight is 218 g/mol. The van der Waals surface area contributed by atoms with E-state index in [9.17, 15) is 4.79 Å². The van der Waals surface area contributed by atoms with E-state index in [1.54, 1.807) is 6.20 Å². The maximum atomic E-state index is 11.4. The molecule has 0 amide bonds. The van der Waals surface area contributed by atoms with Gasteiger partial charge >= 0.3 is 0 Å². The van der Waals surface area contributed by atoms with Gasteiger partial charge in [-0.2, -0.15) is 5.10 Å². The lowest BCUT2D eigenvalue weighted by atomic mass is 10.3. The summed E-state index contributed by atoms with van der Waals surface area (Å²) in [5.74, 6) is 0.700. The Morgan fingerprint density at radius 2 is 2.25 bits per heavy atom. The van der Waals surface area contributed by atoms with Crippen LogP contribution in [0.3, 0.4) is 0 Å². The molecule has 2 aromatic heterocycles. The quantitative estimate of drug-likeness (QED) is 0.842. The van der Waals surface area contributed by atoms with Crippen LogP contribution < -0.4 is 5.56 Å². The van der Waals surface area contributed by atoms with Crippen molar-refractivity contribution in [3.8, 4) is 11.4 Å². The van der Waals surface area contributed by atoms with Gasteiger partial charge in [-0.25, -0.2) is 4.98 Å². The average Bonchev–Trinajstić information content (AvgIpc) is 2.76. The summed E-state index contributed by atoms with van der Waals surface area (Å²) in [6, 6.07) is 3.37. The molecule has 0 saturated carbocycles. The molecule has 5 heteroatoms. The summed E-state index contributed by atoms with van der Waals surface area (Å²) in [6.07, 6.45) is 2.43. The van der Waals surface area contributed by atoms with Gasteiger partial charge in [-0.05, 0) is 13.0 Å². The van der Waals surface area contributed by atoms with E-state index < -0.39 is 0 Å². The highest BCUT2D eigenvalue weighted by Crippen LogP contribution is 2.14. The third-order valence-corrected chi connectivity index (χ3v) is 2.40. The summed E-state index contributed by atoms with van der Waals surface area (Å²) in [6.45, 7) is 4.72. The van der Waals surface area contributed by atoms with Crippen molar-refractivity contribution in [3.05, 3.63) is 34.5 Å². The van der Waals surface area contributed by atoms with Crippen LogP contribution in [-0.4, -0.2) is 19.7 Å². The van der Waals surface area contributed by atoms with E-state index >= 15 is 0 Å². The van der Waals surface area contributed by atoms with Crippen molar-refractivity contribution < 1.29 is 0 Å². The van der Waals surface area contributed by atoms with Gasteiger partial charge < -0.3 is 4.98 Å². The Morgan fingerprint density at radius 3 is 2.94 bits per heavy atom. The predicted octanol–water partition coefficient (Wildman–Crippen LogP) is 1.22. The van der Waals surface area contributed by atoms with Gasteiger partial charge in [-0.3, -0.25) is 9.48 Å². The molecule has 0 unspecified atom stereocenters. The minimum Gasteiger partial charge on any atom is -0.311 e. The molecule has 2 heterocycles. The van der Waals surface area contributed by atoms with Crippen LogP contribution in [0, 0.1) is 0 Å². The molecule has 16 heavy (non-hydrogen) atoms. The summed E-state index contributed by atoms with van der Waals surface area (Å²) in [5, 5.41) is 4.16. The maximum absolute atomic E-state index is 11.4.